The Morgan fingerprint density at radius 3 is 2.72 bits per heavy atom. The zero-order chi connectivity index (χ0) is 17.6. The lowest BCUT2D eigenvalue weighted by molar-refractivity contribution is 0.362. The summed E-state index contributed by atoms with van der Waals surface area (Å²) in [6.07, 6.45) is 3.66. The van der Waals surface area contributed by atoms with E-state index in [1.165, 1.54) is 16.4 Å². The molecule has 0 N–H and O–H groups in total. The molecule has 4 rings (SSSR count). The maximum atomic E-state index is 12.3. The van der Waals surface area contributed by atoms with Crippen LogP contribution in [0.3, 0.4) is 0 Å². The predicted octanol–water partition coefficient (Wildman–Crippen LogP) is 1.62. The summed E-state index contributed by atoms with van der Waals surface area (Å²) >= 11 is 0. The molecule has 4 aromatic rings. The molecule has 3 heterocycles. The molecule has 0 spiro atoms. The van der Waals surface area contributed by atoms with E-state index >= 15 is 0 Å². The first-order chi connectivity index (χ1) is 12.1. The van der Waals surface area contributed by atoms with Crippen molar-refractivity contribution >= 4 is 10.9 Å². The van der Waals surface area contributed by atoms with Crippen LogP contribution in [0.2, 0.25) is 0 Å². The Morgan fingerprint density at radius 1 is 1.16 bits per heavy atom. The highest BCUT2D eigenvalue weighted by Gasteiger charge is 2.13. The largest absolute Gasteiger partial charge is 0.467 e. The molecule has 0 aliphatic carbocycles. The van der Waals surface area contributed by atoms with Crippen LogP contribution < -0.4 is 10.4 Å². The van der Waals surface area contributed by atoms with Crippen LogP contribution in [-0.4, -0.2) is 36.2 Å². The third-order valence-corrected chi connectivity index (χ3v) is 4.08. The van der Waals surface area contributed by atoms with Gasteiger partial charge in [0.15, 0.2) is 0 Å². The lowest BCUT2D eigenvalue weighted by Crippen LogP contribution is -2.21. The van der Waals surface area contributed by atoms with Gasteiger partial charge in [-0.25, -0.2) is 14.0 Å². The van der Waals surface area contributed by atoms with Gasteiger partial charge in [-0.2, -0.15) is 9.78 Å². The highest BCUT2D eigenvalue weighted by molar-refractivity contribution is 5.80. The van der Waals surface area contributed by atoms with Crippen molar-refractivity contribution in [2.45, 2.75) is 6.92 Å². The molecule has 0 unspecified atom stereocenters. The first-order valence-corrected chi connectivity index (χ1v) is 7.70. The van der Waals surface area contributed by atoms with Gasteiger partial charge in [-0.15, -0.1) is 5.10 Å². The molecule has 0 amide bonds. The molecule has 0 atom stereocenters. The van der Waals surface area contributed by atoms with Crippen LogP contribution in [0.5, 0.6) is 6.01 Å². The van der Waals surface area contributed by atoms with Gasteiger partial charge in [-0.3, -0.25) is 4.98 Å². The lowest BCUT2D eigenvalue weighted by Gasteiger charge is -2.02. The minimum atomic E-state index is -0.272. The fourth-order valence-electron chi connectivity index (χ4n) is 2.75. The number of nitrogens with zero attached hydrogens (tertiary/aromatic N) is 6. The number of ether oxygens (including phenoxy) is 1. The summed E-state index contributed by atoms with van der Waals surface area (Å²) in [5.41, 5.74) is 3.01. The smallest absolute Gasteiger partial charge is 0.353 e. The second-order valence-electron chi connectivity index (χ2n) is 5.66. The van der Waals surface area contributed by atoms with E-state index in [-0.39, 0.29) is 11.7 Å². The van der Waals surface area contributed by atoms with Gasteiger partial charge >= 0.3 is 11.7 Å². The van der Waals surface area contributed by atoms with Crippen molar-refractivity contribution in [3.8, 4) is 17.4 Å². The normalized spacial score (nSPS) is 11.2. The molecular weight excluding hydrogens is 320 g/mol. The van der Waals surface area contributed by atoms with Crippen LogP contribution in [0.15, 0.2) is 47.5 Å². The molecule has 0 aliphatic heterocycles. The van der Waals surface area contributed by atoms with Crippen LogP contribution in [0.1, 0.15) is 5.69 Å². The Kier molecular flexibility index (Phi) is 3.38. The molecule has 0 saturated carbocycles. The van der Waals surface area contributed by atoms with Crippen molar-refractivity contribution in [3.63, 3.8) is 0 Å². The highest BCUT2D eigenvalue weighted by atomic mass is 16.5. The molecule has 0 bridgehead atoms. The standard InChI is InChI=1S/C17H16N6O2/c1-11-15(5-4-8-18-11)22-10-12-9-13(6-7-14(12)19-22)23-17(24)21(2)16(20-23)25-3/h4-10H,1-3H3. The molecule has 0 fully saturated rings. The average molecular weight is 336 g/mol. The molecule has 0 aliphatic rings. The summed E-state index contributed by atoms with van der Waals surface area (Å²) < 4.78 is 9.55. The van der Waals surface area contributed by atoms with E-state index in [0.717, 1.165) is 22.3 Å². The van der Waals surface area contributed by atoms with Crippen molar-refractivity contribution in [2.75, 3.05) is 7.11 Å². The van der Waals surface area contributed by atoms with Crippen molar-refractivity contribution in [2.24, 2.45) is 7.05 Å². The van der Waals surface area contributed by atoms with E-state index < -0.39 is 0 Å². The number of pyridine rings is 1. The Morgan fingerprint density at radius 2 is 2.00 bits per heavy atom. The first kappa shape index (κ1) is 15.1. The van der Waals surface area contributed by atoms with Gasteiger partial charge in [0.25, 0.3) is 0 Å². The fourth-order valence-corrected chi connectivity index (χ4v) is 2.75. The number of rotatable bonds is 3. The van der Waals surface area contributed by atoms with E-state index in [1.807, 2.05) is 43.5 Å². The quantitative estimate of drug-likeness (QED) is 0.568. The topological polar surface area (TPSA) is 79.8 Å². The molecule has 0 saturated heterocycles. The minimum absolute atomic E-state index is 0.256. The van der Waals surface area contributed by atoms with Gasteiger partial charge < -0.3 is 4.74 Å². The number of hydrogen-bond donors (Lipinski definition) is 0. The van der Waals surface area contributed by atoms with Crippen LogP contribution in [0.25, 0.3) is 22.3 Å². The van der Waals surface area contributed by atoms with Crippen LogP contribution in [0, 0.1) is 6.92 Å². The van der Waals surface area contributed by atoms with Gasteiger partial charge in [0.2, 0.25) is 0 Å². The van der Waals surface area contributed by atoms with E-state index in [0.29, 0.717) is 5.69 Å². The SMILES string of the molecule is COc1nn(-c2ccc3nn(-c4cccnc4C)cc3c2)c(=O)n1C. The minimum Gasteiger partial charge on any atom is -0.467 e. The summed E-state index contributed by atoms with van der Waals surface area (Å²) in [5, 5.41) is 9.67. The Bertz CT molecular complexity index is 1140. The van der Waals surface area contributed by atoms with E-state index in [4.69, 9.17) is 4.74 Å². The summed E-state index contributed by atoms with van der Waals surface area (Å²) in [4.78, 5) is 16.6. The summed E-state index contributed by atoms with van der Waals surface area (Å²) in [7, 11) is 3.10. The lowest BCUT2D eigenvalue weighted by atomic mass is 10.2. The van der Waals surface area contributed by atoms with Gasteiger partial charge in [0.1, 0.15) is 0 Å². The van der Waals surface area contributed by atoms with E-state index in [9.17, 15) is 4.79 Å². The summed E-state index contributed by atoms with van der Waals surface area (Å²) in [6.45, 7) is 1.94. The number of benzene rings is 1. The fraction of sp³-hybridized carbons (Fsp3) is 0.176. The first-order valence-electron chi connectivity index (χ1n) is 7.70. The van der Waals surface area contributed by atoms with Crippen molar-refractivity contribution in [3.05, 3.63) is 58.9 Å². The third-order valence-electron chi connectivity index (χ3n) is 4.08. The average Bonchev–Trinajstić information content (AvgIpc) is 3.16. The third kappa shape index (κ3) is 2.38. The van der Waals surface area contributed by atoms with Gasteiger partial charge in [-0.1, -0.05) is 0 Å². The number of hydrogen-bond acceptors (Lipinski definition) is 5. The second kappa shape index (κ2) is 5.59. The van der Waals surface area contributed by atoms with E-state index in [1.54, 1.807) is 17.9 Å². The number of methoxy groups -OCH3 is 1. The van der Waals surface area contributed by atoms with Crippen LogP contribution >= 0.6 is 0 Å². The van der Waals surface area contributed by atoms with Gasteiger partial charge in [0.05, 0.1) is 29.7 Å². The number of aromatic nitrogens is 6. The Labute approximate surface area is 142 Å². The highest BCUT2D eigenvalue weighted by Crippen LogP contribution is 2.20. The molecular formula is C17H16N6O2. The molecule has 3 aromatic heterocycles. The molecule has 126 valence electrons. The molecule has 25 heavy (non-hydrogen) atoms. The molecule has 1 aromatic carbocycles. The van der Waals surface area contributed by atoms with Crippen LogP contribution in [-0.2, 0) is 7.05 Å². The number of aryl methyl sites for hydroxylation is 1. The van der Waals surface area contributed by atoms with Crippen molar-refractivity contribution < 1.29 is 4.74 Å². The Balaban J connectivity index is 1.84. The van der Waals surface area contributed by atoms with Gasteiger partial charge in [-0.05, 0) is 37.3 Å². The van der Waals surface area contributed by atoms with E-state index in [2.05, 4.69) is 15.2 Å². The summed E-state index contributed by atoms with van der Waals surface area (Å²) in [5.74, 6) is 0. The van der Waals surface area contributed by atoms with Crippen molar-refractivity contribution in [1.82, 2.24) is 29.1 Å². The second-order valence-corrected chi connectivity index (χ2v) is 5.66. The number of fused-ring (bicyclic) bond motifs is 1. The zero-order valence-electron chi connectivity index (χ0n) is 14.0. The molecule has 0 radical (unpaired) electrons. The van der Waals surface area contributed by atoms with Gasteiger partial charge in [0, 0.05) is 24.8 Å². The zero-order valence-corrected chi connectivity index (χ0v) is 14.0. The monoisotopic (exact) mass is 336 g/mol. The molecule has 8 heteroatoms. The van der Waals surface area contributed by atoms with Crippen molar-refractivity contribution in [1.29, 1.82) is 0 Å². The molecule has 8 nitrogen and oxygen atoms in total. The summed E-state index contributed by atoms with van der Waals surface area (Å²) in [6, 6.07) is 9.64. The maximum Gasteiger partial charge on any atom is 0.353 e. The van der Waals surface area contributed by atoms with Crippen LogP contribution in [0.4, 0.5) is 0 Å². The Hall–Kier alpha value is -3.42. The predicted molar refractivity (Wildman–Crippen MR) is 92.5 cm³/mol. The maximum absolute atomic E-state index is 12.3.